The van der Waals surface area contributed by atoms with Crippen molar-refractivity contribution in [3.05, 3.63) is 56.5 Å². The second kappa shape index (κ2) is 5.22. The number of anilines is 1. The highest BCUT2D eigenvalue weighted by Crippen LogP contribution is 2.28. The summed E-state index contributed by atoms with van der Waals surface area (Å²) in [6.45, 7) is 2.55. The Labute approximate surface area is 120 Å². The molecule has 0 saturated heterocycles. The minimum atomic E-state index is -0.333. The van der Waals surface area contributed by atoms with Crippen LogP contribution in [0.3, 0.4) is 0 Å². The number of hydrogen-bond acceptors (Lipinski definition) is 5. The van der Waals surface area contributed by atoms with E-state index in [1.807, 2.05) is 18.2 Å². The summed E-state index contributed by atoms with van der Waals surface area (Å²) in [4.78, 5) is 13.7. The number of nitrogens with two attached hydrogens (primary N) is 1. The molecule has 104 valence electrons. The van der Waals surface area contributed by atoms with Crippen molar-refractivity contribution in [2.75, 3.05) is 12.3 Å². The molecule has 2 aromatic rings. The molecular formula is C14H15N3O2S. The Hall–Kier alpha value is -1.92. The predicted octanol–water partition coefficient (Wildman–Crippen LogP) is 2.80. The molecule has 1 aliphatic heterocycles. The van der Waals surface area contributed by atoms with Gasteiger partial charge in [0.1, 0.15) is 0 Å². The van der Waals surface area contributed by atoms with E-state index in [1.54, 1.807) is 6.07 Å². The fourth-order valence-corrected chi connectivity index (χ4v) is 3.46. The van der Waals surface area contributed by atoms with Crippen LogP contribution in [0.2, 0.25) is 0 Å². The molecule has 1 aromatic heterocycles. The topological polar surface area (TPSA) is 72.4 Å². The third-order valence-corrected chi connectivity index (χ3v) is 4.61. The Bertz CT molecular complexity index is 654. The molecule has 0 amide bonds. The van der Waals surface area contributed by atoms with Gasteiger partial charge in [0.25, 0.3) is 0 Å². The SMILES string of the molecule is Nc1cccc2c1CCN(Cc1ccc([N+](=O)[O-])s1)C2. The van der Waals surface area contributed by atoms with Crippen molar-refractivity contribution in [2.24, 2.45) is 0 Å². The number of nitrogen functional groups attached to an aromatic ring is 1. The summed E-state index contributed by atoms with van der Waals surface area (Å²) in [5.74, 6) is 0. The predicted molar refractivity (Wildman–Crippen MR) is 79.6 cm³/mol. The van der Waals surface area contributed by atoms with Crippen molar-refractivity contribution in [3.8, 4) is 0 Å². The maximum absolute atomic E-state index is 10.7. The van der Waals surface area contributed by atoms with E-state index in [2.05, 4.69) is 11.0 Å². The highest BCUT2D eigenvalue weighted by Gasteiger charge is 2.19. The minimum absolute atomic E-state index is 0.210. The van der Waals surface area contributed by atoms with Gasteiger partial charge in [-0.05, 0) is 29.7 Å². The molecule has 0 unspecified atom stereocenters. The first-order valence-electron chi connectivity index (χ1n) is 6.45. The molecule has 0 fully saturated rings. The lowest BCUT2D eigenvalue weighted by atomic mass is 9.98. The van der Waals surface area contributed by atoms with Crippen molar-refractivity contribution in [1.29, 1.82) is 0 Å². The van der Waals surface area contributed by atoms with E-state index in [0.717, 1.165) is 36.6 Å². The van der Waals surface area contributed by atoms with Crippen LogP contribution in [-0.2, 0) is 19.5 Å². The van der Waals surface area contributed by atoms with Gasteiger partial charge in [0, 0.05) is 36.3 Å². The highest BCUT2D eigenvalue weighted by molar-refractivity contribution is 7.15. The summed E-state index contributed by atoms with van der Waals surface area (Å²) in [5, 5.41) is 10.9. The van der Waals surface area contributed by atoms with E-state index in [9.17, 15) is 10.1 Å². The first-order chi connectivity index (χ1) is 9.63. The lowest BCUT2D eigenvalue weighted by Gasteiger charge is -2.29. The van der Waals surface area contributed by atoms with Gasteiger partial charge in [-0.1, -0.05) is 23.5 Å². The van der Waals surface area contributed by atoms with Gasteiger partial charge < -0.3 is 5.73 Å². The van der Waals surface area contributed by atoms with Gasteiger partial charge in [-0.15, -0.1) is 0 Å². The van der Waals surface area contributed by atoms with Gasteiger partial charge in [0.15, 0.2) is 0 Å². The van der Waals surface area contributed by atoms with E-state index in [0.29, 0.717) is 0 Å². The summed E-state index contributed by atoms with van der Waals surface area (Å²) in [7, 11) is 0. The Balaban J connectivity index is 1.72. The molecule has 3 rings (SSSR count). The average Bonchev–Trinajstić information content (AvgIpc) is 2.88. The molecule has 1 aromatic carbocycles. The van der Waals surface area contributed by atoms with Gasteiger partial charge in [-0.25, -0.2) is 0 Å². The zero-order chi connectivity index (χ0) is 14.1. The highest BCUT2D eigenvalue weighted by atomic mass is 32.1. The number of thiophene rings is 1. The second-order valence-corrected chi connectivity index (χ2v) is 6.09. The Kier molecular flexibility index (Phi) is 3.42. The molecule has 0 spiro atoms. The van der Waals surface area contributed by atoms with Crippen molar-refractivity contribution >= 4 is 22.0 Å². The smallest absolute Gasteiger partial charge is 0.324 e. The Morgan fingerprint density at radius 3 is 2.95 bits per heavy atom. The van der Waals surface area contributed by atoms with Crippen LogP contribution in [0, 0.1) is 10.1 Å². The standard InChI is InChI=1S/C14H15N3O2S/c15-13-3-1-2-10-8-16(7-6-12(10)13)9-11-4-5-14(20-11)17(18)19/h1-5H,6-9,15H2. The number of hydrogen-bond donors (Lipinski definition) is 1. The normalized spacial score (nSPS) is 15.0. The third-order valence-electron chi connectivity index (χ3n) is 3.59. The zero-order valence-corrected chi connectivity index (χ0v) is 11.7. The number of nitrogens with zero attached hydrogens (tertiary/aromatic N) is 2. The van der Waals surface area contributed by atoms with Gasteiger partial charge >= 0.3 is 5.00 Å². The molecule has 20 heavy (non-hydrogen) atoms. The quantitative estimate of drug-likeness (QED) is 0.536. The molecule has 2 N–H and O–H groups in total. The molecule has 5 nitrogen and oxygen atoms in total. The molecular weight excluding hydrogens is 274 g/mol. The first kappa shape index (κ1) is 13.1. The molecule has 6 heteroatoms. The molecule has 0 aliphatic carbocycles. The lowest BCUT2D eigenvalue weighted by Crippen LogP contribution is -2.30. The summed E-state index contributed by atoms with van der Waals surface area (Å²) in [6, 6.07) is 9.45. The van der Waals surface area contributed by atoms with Crippen molar-refractivity contribution < 1.29 is 4.92 Å². The molecule has 0 bridgehead atoms. The van der Waals surface area contributed by atoms with Crippen LogP contribution in [0.4, 0.5) is 10.7 Å². The van der Waals surface area contributed by atoms with E-state index in [4.69, 9.17) is 5.73 Å². The van der Waals surface area contributed by atoms with E-state index < -0.39 is 0 Å². The molecule has 2 heterocycles. The fraction of sp³-hybridized carbons (Fsp3) is 0.286. The number of fused-ring (bicyclic) bond motifs is 1. The largest absolute Gasteiger partial charge is 0.398 e. The maximum Gasteiger partial charge on any atom is 0.324 e. The van der Waals surface area contributed by atoms with Crippen molar-refractivity contribution in [1.82, 2.24) is 4.90 Å². The Morgan fingerprint density at radius 1 is 1.35 bits per heavy atom. The Morgan fingerprint density at radius 2 is 2.20 bits per heavy atom. The van der Waals surface area contributed by atoms with Crippen molar-refractivity contribution in [2.45, 2.75) is 19.5 Å². The lowest BCUT2D eigenvalue weighted by molar-refractivity contribution is -0.380. The summed E-state index contributed by atoms with van der Waals surface area (Å²) in [5.41, 5.74) is 9.37. The molecule has 1 aliphatic rings. The summed E-state index contributed by atoms with van der Waals surface area (Å²) >= 11 is 1.25. The van der Waals surface area contributed by atoms with Crippen LogP contribution < -0.4 is 5.73 Å². The van der Waals surface area contributed by atoms with E-state index in [-0.39, 0.29) is 9.92 Å². The molecule has 0 saturated carbocycles. The number of rotatable bonds is 3. The molecule has 0 atom stereocenters. The monoisotopic (exact) mass is 289 g/mol. The van der Waals surface area contributed by atoms with E-state index >= 15 is 0 Å². The van der Waals surface area contributed by atoms with E-state index in [1.165, 1.54) is 22.5 Å². The summed E-state index contributed by atoms with van der Waals surface area (Å²) in [6.07, 6.45) is 0.940. The van der Waals surface area contributed by atoms with Crippen molar-refractivity contribution in [3.63, 3.8) is 0 Å². The van der Waals surface area contributed by atoms with Crippen LogP contribution >= 0.6 is 11.3 Å². The van der Waals surface area contributed by atoms with Gasteiger partial charge in [-0.3, -0.25) is 15.0 Å². The average molecular weight is 289 g/mol. The van der Waals surface area contributed by atoms with Crippen LogP contribution in [0.15, 0.2) is 30.3 Å². The second-order valence-electron chi connectivity index (χ2n) is 4.94. The fourth-order valence-electron chi connectivity index (χ4n) is 2.60. The number of benzene rings is 1. The van der Waals surface area contributed by atoms with Gasteiger partial charge in [0.2, 0.25) is 0 Å². The molecule has 0 radical (unpaired) electrons. The van der Waals surface area contributed by atoms with Gasteiger partial charge in [0.05, 0.1) is 4.92 Å². The van der Waals surface area contributed by atoms with Crippen LogP contribution in [-0.4, -0.2) is 16.4 Å². The summed E-state index contributed by atoms with van der Waals surface area (Å²) < 4.78 is 0. The van der Waals surface area contributed by atoms with Crippen LogP contribution in [0.1, 0.15) is 16.0 Å². The zero-order valence-electron chi connectivity index (χ0n) is 10.9. The third kappa shape index (κ3) is 2.52. The minimum Gasteiger partial charge on any atom is -0.398 e. The first-order valence-corrected chi connectivity index (χ1v) is 7.27. The van der Waals surface area contributed by atoms with Crippen LogP contribution in [0.25, 0.3) is 0 Å². The maximum atomic E-state index is 10.7. The van der Waals surface area contributed by atoms with Gasteiger partial charge in [-0.2, -0.15) is 0 Å². The number of nitro groups is 1. The van der Waals surface area contributed by atoms with Crippen LogP contribution in [0.5, 0.6) is 0 Å².